The van der Waals surface area contributed by atoms with Gasteiger partial charge >= 0.3 is 0 Å². The number of phenols is 2. The fourth-order valence-electron chi connectivity index (χ4n) is 9.20. The molecule has 5 rings (SSSR count). The number of Topliss-reactive ketones (excluding diaryl/α,β-unsaturated/α-hetero) is 1. The van der Waals surface area contributed by atoms with Crippen LogP contribution in [0.1, 0.15) is 175 Å². The Balaban J connectivity index is 1.18. The van der Waals surface area contributed by atoms with Gasteiger partial charge in [-0.3, -0.25) is 19.2 Å². The van der Waals surface area contributed by atoms with E-state index < -0.39 is 95.7 Å². The van der Waals surface area contributed by atoms with Crippen LogP contribution in [-0.4, -0.2) is 92.6 Å². The van der Waals surface area contributed by atoms with Crippen molar-refractivity contribution in [2.75, 3.05) is 13.7 Å². The van der Waals surface area contributed by atoms with Crippen molar-refractivity contribution in [2.45, 2.75) is 168 Å². The van der Waals surface area contributed by atoms with Crippen LogP contribution >= 0.6 is 0 Å². The van der Waals surface area contributed by atoms with E-state index in [2.05, 4.69) is 70.3 Å². The molecule has 0 radical (unpaired) electrons. The van der Waals surface area contributed by atoms with Gasteiger partial charge in [-0.05, 0) is 112 Å². The zero-order valence-corrected chi connectivity index (χ0v) is 40.5. The number of nitrogens with one attached hydrogen (secondary N) is 1. The van der Waals surface area contributed by atoms with E-state index in [9.17, 15) is 44.7 Å². The second kappa shape index (κ2) is 23.7. The normalized spacial score (nSPS) is 23.3. The molecule has 0 aromatic heterocycles. The van der Waals surface area contributed by atoms with Gasteiger partial charge in [-0.2, -0.15) is 0 Å². The van der Waals surface area contributed by atoms with Crippen LogP contribution in [0, 0.1) is 0 Å². The number of aromatic hydroxyl groups is 2. The number of methoxy groups -OCH3 is 1. The summed E-state index contributed by atoms with van der Waals surface area (Å²) >= 11 is 0. The maximum atomic E-state index is 14.0. The van der Waals surface area contributed by atoms with Gasteiger partial charge in [0.25, 0.3) is 0 Å². The first-order valence-corrected chi connectivity index (χ1v) is 23.6. The first-order valence-electron chi connectivity index (χ1n) is 23.6. The van der Waals surface area contributed by atoms with Crippen molar-refractivity contribution in [1.82, 2.24) is 5.32 Å². The SMILES string of the molecule is COc1cccc2c1C(=O)c1c(O)c3c(c(O)c1C2=O)C[C@@](O)(C(=O)CO)CC3OC1CC(NC(=O)CCC(C)=CCCC(C)=CCC/C=C(\C)CC/C=C(\C)CCC=C(C)C)C(O)C(C)O1. The van der Waals surface area contributed by atoms with Crippen LogP contribution in [-0.2, 0) is 25.5 Å². The van der Waals surface area contributed by atoms with E-state index in [1.165, 1.54) is 47.6 Å². The molecule has 1 heterocycles. The highest BCUT2D eigenvalue weighted by Gasteiger charge is 2.50. The van der Waals surface area contributed by atoms with Crippen molar-refractivity contribution in [3.05, 3.63) is 110 Å². The lowest BCUT2D eigenvalue weighted by Gasteiger charge is -2.43. The zero-order valence-electron chi connectivity index (χ0n) is 40.5. The molecule has 6 atom stereocenters. The number of unbranched alkanes of at least 4 members (excludes halogenated alkanes) is 1. The minimum atomic E-state index is -2.32. The van der Waals surface area contributed by atoms with Gasteiger partial charge < -0.3 is 45.1 Å². The van der Waals surface area contributed by atoms with Crippen LogP contribution in [0.25, 0.3) is 0 Å². The summed E-state index contributed by atoms with van der Waals surface area (Å²) in [5.41, 5.74) is 2.76. The zero-order chi connectivity index (χ0) is 49.2. The number of rotatable bonds is 21. The quantitative estimate of drug-likeness (QED) is 0.0337. The molecule has 3 aliphatic rings. The highest BCUT2D eigenvalue weighted by atomic mass is 16.7. The Bertz CT molecular complexity index is 2330. The van der Waals surface area contributed by atoms with Gasteiger partial charge in [0, 0.05) is 42.4 Å². The number of allylic oxidation sites excluding steroid dienone is 10. The number of phenolic OH excluding ortho intramolecular Hbond substituents is 2. The summed E-state index contributed by atoms with van der Waals surface area (Å²) in [6.07, 6.45) is 14.4. The van der Waals surface area contributed by atoms with Gasteiger partial charge in [0.15, 0.2) is 17.9 Å². The summed E-state index contributed by atoms with van der Waals surface area (Å²) in [4.78, 5) is 54.1. The molecule has 1 aliphatic heterocycles. The van der Waals surface area contributed by atoms with Crippen molar-refractivity contribution in [3.8, 4) is 17.2 Å². The van der Waals surface area contributed by atoms with E-state index in [1.54, 1.807) is 6.92 Å². The molecule has 1 saturated heterocycles. The van der Waals surface area contributed by atoms with Crippen molar-refractivity contribution < 1.29 is 58.9 Å². The van der Waals surface area contributed by atoms with E-state index in [0.29, 0.717) is 6.42 Å². The minimum absolute atomic E-state index is 0.0712. The number of carbonyl (C=O) groups excluding carboxylic acids is 4. The lowest BCUT2D eigenvalue weighted by molar-refractivity contribution is -0.249. The number of ketones is 3. The second-order valence-corrected chi connectivity index (χ2v) is 18.8. The molecular weight excluding hydrogens is 855 g/mol. The Labute approximate surface area is 395 Å². The van der Waals surface area contributed by atoms with Gasteiger partial charge in [0.2, 0.25) is 11.7 Å². The maximum Gasteiger partial charge on any atom is 0.220 e. The molecule has 0 saturated carbocycles. The van der Waals surface area contributed by atoms with Gasteiger partial charge in [-0.1, -0.05) is 70.4 Å². The average Bonchev–Trinajstić information content (AvgIpc) is 3.28. The molecule has 13 heteroatoms. The molecule has 6 N–H and O–H groups in total. The number of aliphatic hydroxyl groups is 3. The minimum Gasteiger partial charge on any atom is -0.507 e. The predicted octanol–water partition coefficient (Wildman–Crippen LogP) is 8.81. The molecule has 13 nitrogen and oxygen atoms in total. The molecule has 1 fully saturated rings. The van der Waals surface area contributed by atoms with E-state index >= 15 is 0 Å². The summed E-state index contributed by atoms with van der Waals surface area (Å²) in [5.74, 6) is -4.23. The third-order valence-corrected chi connectivity index (χ3v) is 13.2. The number of hydrogen-bond donors (Lipinski definition) is 6. The van der Waals surface area contributed by atoms with Crippen LogP contribution in [0.5, 0.6) is 17.2 Å². The van der Waals surface area contributed by atoms with Crippen molar-refractivity contribution in [2.24, 2.45) is 0 Å². The molecular formula is C54H71NO12. The van der Waals surface area contributed by atoms with E-state index in [-0.39, 0.29) is 46.8 Å². The summed E-state index contributed by atoms with van der Waals surface area (Å²) in [5, 5.41) is 58.9. The van der Waals surface area contributed by atoms with Crippen LogP contribution < -0.4 is 10.1 Å². The van der Waals surface area contributed by atoms with E-state index in [0.717, 1.165) is 56.9 Å². The second-order valence-electron chi connectivity index (χ2n) is 18.8. The molecule has 2 aliphatic carbocycles. The molecule has 5 unspecified atom stereocenters. The fourth-order valence-corrected chi connectivity index (χ4v) is 9.20. The number of carbonyl (C=O) groups is 4. The van der Waals surface area contributed by atoms with Gasteiger partial charge in [-0.25, -0.2) is 0 Å². The molecule has 2 aromatic rings. The van der Waals surface area contributed by atoms with E-state index in [4.69, 9.17) is 14.2 Å². The Morgan fingerprint density at radius 2 is 1.36 bits per heavy atom. The Morgan fingerprint density at radius 3 is 1.94 bits per heavy atom. The van der Waals surface area contributed by atoms with Crippen LogP contribution in [0.15, 0.2) is 76.4 Å². The molecule has 0 bridgehead atoms. The topological polar surface area (TPSA) is 209 Å². The predicted molar refractivity (Wildman–Crippen MR) is 256 cm³/mol. The van der Waals surface area contributed by atoms with Crippen LogP contribution in [0.2, 0.25) is 0 Å². The lowest BCUT2D eigenvalue weighted by Crippen LogP contribution is -2.55. The smallest absolute Gasteiger partial charge is 0.220 e. The van der Waals surface area contributed by atoms with Crippen molar-refractivity contribution >= 4 is 23.3 Å². The largest absolute Gasteiger partial charge is 0.507 e. The first-order chi connectivity index (χ1) is 31.8. The first kappa shape index (κ1) is 52.8. The lowest BCUT2D eigenvalue weighted by atomic mass is 9.72. The average molecular weight is 926 g/mol. The third kappa shape index (κ3) is 13.1. The number of hydrogen-bond acceptors (Lipinski definition) is 12. The highest BCUT2D eigenvalue weighted by Crippen LogP contribution is 2.52. The Morgan fingerprint density at radius 1 is 0.791 bits per heavy atom. The van der Waals surface area contributed by atoms with Crippen LogP contribution in [0.3, 0.4) is 0 Å². The van der Waals surface area contributed by atoms with Crippen LogP contribution in [0.4, 0.5) is 0 Å². The van der Waals surface area contributed by atoms with Crippen molar-refractivity contribution in [1.29, 1.82) is 0 Å². The maximum absolute atomic E-state index is 14.0. The molecule has 1 amide bonds. The highest BCUT2D eigenvalue weighted by molar-refractivity contribution is 6.31. The van der Waals surface area contributed by atoms with Gasteiger partial charge in [-0.15, -0.1) is 0 Å². The fraction of sp³-hybridized carbons (Fsp3) is 0.519. The molecule has 0 spiro atoms. The van der Waals surface area contributed by atoms with Crippen molar-refractivity contribution in [3.63, 3.8) is 0 Å². The third-order valence-electron chi connectivity index (χ3n) is 13.2. The van der Waals surface area contributed by atoms with Gasteiger partial charge in [0.05, 0.1) is 42.0 Å². The molecule has 364 valence electrons. The van der Waals surface area contributed by atoms with Gasteiger partial charge in [0.1, 0.15) is 35.6 Å². The summed E-state index contributed by atoms with van der Waals surface area (Å²) in [6, 6.07) is 3.53. The monoisotopic (exact) mass is 925 g/mol. The molecule has 2 aromatic carbocycles. The number of amides is 1. The molecule has 67 heavy (non-hydrogen) atoms. The number of ether oxygens (including phenoxy) is 3. The Hall–Kier alpha value is -5.18. The standard InChI is InChI=1S/C54H71NO12/c1-31(2)15-11-18-34(5)21-12-19-32(3)16-9-10-17-33(4)20-13-22-35(6)25-26-43(58)55-39-27-44(66-36(7)49(39)59)67-41-29-54(64,42(57)30-56)28-38-46(41)53(63)48-47(51(38)61)50(60)37-23-14-24-40(65-8)45(37)52(48)62/h14-17,21-24,36,39,41,44,49,56,59,61,63-64H,9-13,18-20,25-30H2,1-8H3,(H,55,58)/b32-16+,33-17?,34-21+,35-22?/t36?,39?,41?,44?,49?,54-/m0/s1. The summed E-state index contributed by atoms with van der Waals surface area (Å²) in [6.45, 7) is 13.4. The number of benzene rings is 2. The number of fused-ring (bicyclic) bond motifs is 3. The Kier molecular flexibility index (Phi) is 18.7. The summed E-state index contributed by atoms with van der Waals surface area (Å²) in [7, 11) is 1.32. The summed E-state index contributed by atoms with van der Waals surface area (Å²) < 4.78 is 17.7. The van der Waals surface area contributed by atoms with E-state index in [1.807, 2.05) is 6.92 Å². The number of aliphatic hydroxyl groups excluding tert-OH is 2.